The first-order chi connectivity index (χ1) is 9.94. The lowest BCUT2D eigenvalue weighted by Gasteiger charge is -2.16. The van der Waals surface area contributed by atoms with Crippen molar-refractivity contribution in [2.45, 2.75) is 32.4 Å². The molecule has 0 unspecified atom stereocenters. The summed E-state index contributed by atoms with van der Waals surface area (Å²) in [6.45, 7) is 8.18. The van der Waals surface area contributed by atoms with Gasteiger partial charge in [-0.3, -0.25) is 4.98 Å². The molecule has 0 fully saturated rings. The molecule has 0 aliphatic heterocycles. The molecule has 8 heteroatoms. The highest BCUT2D eigenvalue weighted by Gasteiger charge is 2.13. The van der Waals surface area contributed by atoms with Crippen LogP contribution in [-0.4, -0.2) is 34.4 Å². The molecule has 2 aromatic rings. The lowest BCUT2D eigenvalue weighted by atomic mass is 10.6. The van der Waals surface area contributed by atoms with Gasteiger partial charge in [-0.05, 0) is 22.0 Å². The number of hydrogen-bond donors (Lipinski definition) is 1. The molecule has 0 saturated carbocycles. The van der Waals surface area contributed by atoms with Gasteiger partial charge in [-0.1, -0.05) is 19.6 Å². The first kappa shape index (κ1) is 16.1. The van der Waals surface area contributed by atoms with E-state index in [-0.39, 0.29) is 0 Å². The van der Waals surface area contributed by atoms with Gasteiger partial charge in [0, 0.05) is 33.1 Å². The monoisotopic (exact) mass is 369 g/mol. The van der Waals surface area contributed by atoms with E-state index in [1.165, 1.54) is 0 Å². The van der Waals surface area contributed by atoms with Gasteiger partial charge in [0.25, 0.3) is 0 Å². The quantitative estimate of drug-likeness (QED) is 0.597. The van der Waals surface area contributed by atoms with Crippen LogP contribution < -0.4 is 5.32 Å². The average Bonchev–Trinajstić information content (AvgIpc) is 2.75. The standard InChI is InChI=1S/C13H20BrN5OSi/c1-21(2,3)7-6-20-10-19-13(8-11(14)18-19)17-12-9-15-4-5-16-12/h4-5,8-9H,6-7,10H2,1-3H3,(H,16,17). The van der Waals surface area contributed by atoms with Crippen LogP contribution >= 0.6 is 15.9 Å². The lowest BCUT2D eigenvalue weighted by molar-refractivity contribution is 0.0799. The summed E-state index contributed by atoms with van der Waals surface area (Å²) in [4.78, 5) is 8.21. The van der Waals surface area contributed by atoms with E-state index in [0.29, 0.717) is 12.5 Å². The summed E-state index contributed by atoms with van der Waals surface area (Å²) < 4.78 is 8.25. The number of aromatic nitrogens is 4. The Balaban J connectivity index is 1.94. The Morgan fingerprint density at radius 1 is 1.33 bits per heavy atom. The number of nitrogens with zero attached hydrogens (tertiary/aromatic N) is 4. The molecule has 1 N–H and O–H groups in total. The highest BCUT2D eigenvalue weighted by atomic mass is 79.9. The number of ether oxygens (including phenoxy) is 1. The molecule has 114 valence electrons. The summed E-state index contributed by atoms with van der Waals surface area (Å²) in [5.41, 5.74) is 0. The fourth-order valence-corrected chi connectivity index (χ4v) is 2.77. The molecule has 0 aliphatic rings. The third kappa shape index (κ3) is 5.56. The van der Waals surface area contributed by atoms with E-state index in [2.05, 4.69) is 56.0 Å². The molecule has 0 atom stereocenters. The van der Waals surface area contributed by atoms with Crippen LogP contribution in [0, 0.1) is 0 Å². The van der Waals surface area contributed by atoms with Gasteiger partial charge in [-0.25, -0.2) is 9.67 Å². The second kappa shape index (κ2) is 7.14. The van der Waals surface area contributed by atoms with Crippen LogP contribution in [0.2, 0.25) is 25.7 Å². The molecule has 6 nitrogen and oxygen atoms in total. The van der Waals surface area contributed by atoms with E-state index in [4.69, 9.17) is 4.74 Å². The van der Waals surface area contributed by atoms with Crippen LogP contribution in [0.1, 0.15) is 0 Å². The fourth-order valence-electron chi connectivity index (χ4n) is 1.61. The molecule has 21 heavy (non-hydrogen) atoms. The smallest absolute Gasteiger partial charge is 0.150 e. The molecular weight excluding hydrogens is 350 g/mol. The number of hydrogen-bond acceptors (Lipinski definition) is 5. The first-order valence-corrected chi connectivity index (χ1v) is 11.3. The van der Waals surface area contributed by atoms with E-state index >= 15 is 0 Å². The van der Waals surface area contributed by atoms with Crippen molar-refractivity contribution in [3.8, 4) is 0 Å². The minimum Gasteiger partial charge on any atom is -0.359 e. The van der Waals surface area contributed by atoms with E-state index in [0.717, 1.165) is 23.1 Å². The topological polar surface area (TPSA) is 64.9 Å². The Kier molecular flexibility index (Phi) is 5.49. The zero-order chi connectivity index (χ0) is 15.3. The Morgan fingerprint density at radius 3 is 2.81 bits per heavy atom. The van der Waals surface area contributed by atoms with Crippen molar-refractivity contribution in [1.29, 1.82) is 0 Å². The van der Waals surface area contributed by atoms with Crippen LogP contribution in [0.5, 0.6) is 0 Å². The third-order valence-corrected chi connectivity index (χ3v) is 4.87. The predicted octanol–water partition coefficient (Wildman–Crippen LogP) is 3.49. The summed E-state index contributed by atoms with van der Waals surface area (Å²) in [5.74, 6) is 1.49. The number of nitrogens with one attached hydrogen (secondary N) is 1. The van der Waals surface area contributed by atoms with Crippen LogP contribution in [0.3, 0.4) is 0 Å². The Morgan fingerprint density at radius 2 is 2.14 bits per heavy atom. The van der Waals surface area contributed by atoms with Crippen LogP contribution in [0.25, 0.3) is 0 Å². The van der Waals surface area contributed by atoms with Crippen molar-refractivity contribution in [3.63, 3.8) is 0 Å². The van der Waals surface area contributed by atoms with Crippen molar-refractivity contribution in [3.05, 3.63) is 29.3 Å². The average molecular weight is 370 g/mol. The summed E-state index contributed by atoms with van der Waals surface area (Å²) in [5, 5.41) is 7.53. The maximum absolute atomic E-state index is 5.73. The Labute approximate surface area is 134 Å². The predicted molar refractivity (Wildman–Crippen MR) is 89.3 cm³/mol. The highest BCUT2D eigenvalue weighted by Crippen LogP contribution is 2.19. The van der Waals surface area contributed by atoms with Crippen molar-refractivity contribution in [2.75, 3.05) is 11.9 Å². The molecular formula is C13H20BrN5OSi. The SMILES string of the molecule is C[Si](C)(C)CCOCn1nc(Br)cc1Nc1cnccn1. The molecule has 0 aromatic carbocycles. The van der Waals surface area contributed by atoms with Gasteiger partial charge in [0.15, 0.2) is 0 Å². The van der Waals surface area contributed by atoms with Crippen LogP contribution in [-0.2, 0) is 11.5 Å². The molecule has 0 bridgehead atoms. The van der Waals surface area contributed by atoms with Gasteiger partial charge in [0.1, 0.15) is 23.0 Å². The summed E-state index contributed by atoms with van der Waals surface area (Å²) in [7, 11) is -1.06. The normalized spacial score (nSPS) is 11.6. The molecule has 0 aliphatic carbocycles. The van der Waals surface area contributed by atoms with Crippen molar-refractivity contribution in [2.24, 2.45) is 0 Å². The Bertz CT molecular complexity index is 570. The second-order valence-corrected chi connectivity index (χ2v) is 12.3. The minimum atomic E-state index is -1.06. The number of halogens is 1. The van der Waals surface area contributed by atoms with Gasteiger partial charge in [0.2, 0.25) is 0 Å². The highest BCUT2D eigenvalue weighted by molar-refractivity contribution is 9.10. The largest absolute Gasteiger partial charge is 0.359 e. The first-order valence-electron chi connectivity index (χ1n) is 6.78. The van der Waals surface area contributed by atoms with E-state index in [1.807, 2.05) is 6.07 Å². The molecule has 2 aromatic heterocycles. The van der Waals surface area contributed by atoms with Crippen molar-refractivity contribution >= 4 is 35.6 Å². The lowest BCUT2D eigenvalue weighted by Crippen LogP contribution is -2.22. The summed E-state index contributed by atoms with van der Waals surface area (Å²) in [6, 6.07) is 3.03. The maximum atomic E-state index is 5.73. The molecule has 0 saturated heterocycles. The van der Waals surface area contributed by atoms with Crippen molar-refractivity contribution in [1.82, 2.24) is 19.7 Å². The zero-order valence-corrected chi connectivity index (χ0v) is 15.1. The molecule has 0 radical (unpaired) electrons. The van der Waals surface area contributed by atoms with Crippen LogP contribution in [0.15, 0.2) is 29.3 Å². The van der Waals surface area contributed by atoms with Gasteiger partial charge in [-0.2, -0.15) is 5.10 Å². The molecule has 0 amide bonds. The van der Waals surface area contributed by atoms with Crippen LogP contribution in [0.4, 0.5) is 11.6 Å². The third-order valence-electron chi connectivity index (χ3n) is 2.78. The number of rotatable bonds is 7. The van der Waals surface area contributed by atoms with Gasteiger partial charge in [0.05, 0.1) is 6.20 Å². The zero-order valence-electron chi connectivity index (χ0n) is 12.5. The van der Waals surface area contributed by atoms with Gasteiger partial charge in [-0.15, -0.1) is 0 Å². The van der Waals surface area contributed by atoms with E-state index in [1.54, 1.807) is 23.3 Å². The minimum absolute atomic E-state index is 0.415. The second-order valence-electron chi connectivity index (χ2n) is 5.92. The van der Waals surface area contributed by atoms with Gasteiger partial charge >= 0.3 is 0 Å². The molecule has 2 rings (SSSR count). The fraction of sp³-hybridized carbons (Fsp3) is 0.462. The summed E-state index contributed by atoms with van der Waals surface area (Å²) in [6.07, 6.45) is 4.94. The molecule has 2 heterocycles. The summed E-state index contributed by atoms with van der Waals surface area (Å²) >= 11 is 3.38. The van der Waals surface area contributed by atoms with Gasteiger partial charge < -0.3 is 10.1 Å². The Hall–Kier alpha value is -1.25. The molecule has 0 spiro atoms. The number of anilines is 2. The van der Waals surface area contributed by atoms with E-state index in [9.17, 15) is 0 Å². The van der Waals surface area contributed by atoms with E-state index < -0.39 is 8.07 Å². The maximum Gasteiger partial charge on any atom is 0.150 e. The van der Waals surface area contributed by atoms with Crippen molar-refractivity contribution < 1.29 is 4.74 Å².